The van der Waals surface area contributed by atoms with Crippen molar-refractivity contribution in [1.29, 1.82) is 0 Å². The first-order valence-electron chi connectivity index (χ1n) is 7.99. The summed E-state index contributed by atoms with van der Waals surface area (Å²) >= 11 is 0. The number of alkyl halides is 3. The van der Waals surface area contributed by atoms with E-state index in [1.165, 1.54) is 18.1 Å². The highest BCUT2D eigenvalue weighted by Gasteiger charge is 2.41. The fraction of sp³-hybridized carbons (Fsp3) is 0.529. The van der Waals surface area contributed by atoms with Crippen molar-refractivity contribution in [2.75, 3.05) is 18.6 Å². The van der Waals surface area contributed by atoms with Gasteiger partial charge in [-0.05, 0) is 43.5 Å². The van der Waals surface area contributed by atoms with Crippen LogP contribution < -0.4 is 4.90 Å². The third-order valence-electron chi connectivity index (χ3n) is 4.28. The Balaban J connectivity index is 2.61. The summed E-state index contributed by atoms with van der Waals surface area (Å²) in [6.07, 6.45) is -4.49. The molecule has 0 fully saturated rings. The number of carbonyl (C=O) groups excluding carboxylic acids is 2. The number of benzene rings is 1. The Kier molecular flexibility index (Phi) is 5.59. The number of hydrogen-bond donors (Lipinski definition) is 0. The fourth-order valence-corrected chi connectivity index (χ4v) is 3.09. The van der Waals surface area contributed by atoms with E-state index < -0.39 is 29.7 Å². The van der Waals surface area contributed by atoms with Crippen molar-refractivity contribution in [2.24, 2.45) is 0 Å². The molecule has 0 unspecified atom stereocenters. The van der Waals surface area contributed by atoms with Gasteiger partial charge >= 0.3 is 18.2 Å². The highest BCUT2D eigenvalue weighted by molar-refractivity contribution is 5.93. The molecule has 1 heterocycles. The van der Waals surface area contributed by atoms with E-state index in [4.69, 9.17) is 9.47 Å². The van der Waals surface area contributed by atoms with Crippen molar-refractivity contribution >= 4 is 17.7 Å². The lowest BCUT2D eigenvalue weighted by Crippen LogP contribution is -2.46. The molecule has 1 aliphatic heterocycles. The maximum atomic E-state index is 13.1. The Hall–Kier alpha value is -2.25. The summed E-state index contributed by atoms with van der Waals surface area (Å²) in [6, 6.07) is 2.66. The van der Waals surface area contributed by atoms with Crippen LogP contribution in [0.1, 0.15) is 43.7 Å². The molecule has 5 nitrogen and oxygen atoms in total. The van der Waals surface area contributed by atoms with Crippen LogP contribution in [0.4, 0.5) is 23.7 Å². The van der Waals surface area contributed by atoms with Crippen LogP contribution in [0, 0.1) is 0 Å². The van der Waals surface area contributed by atoms with Gasteiger partial charge in [0, 0.05) is 6.04 Å². The highest BCUT2D eigenvalue weighted by atomic mass is 19.4. The van der Waals surface area contributed by atoms with E-state index in [-0.39, 0.29) is 30.3 Å². The lowest BCUT2D eigenvalue weighted by Gasteiger charge is -2.39. The quantitative estimate of drug-likeness (QED) is 0.762. The molecule has 0 aromatic heterocycles. The Morgan fingerprint density at radius 2 is 1.96 bits per heavy atom. The van der Waals surface area contributed by atoms with Gasteiger partial charge in [0.2, 0.25) is 0 Å². The summed E-state index contributed by atoms with van der Waals surface area (Å²) in [5.74, 6) is -1.49. The van der Waals surface area contributed by atoms with Crippen LogP contribution >= 0.6 is 0 Å². The Morgan fingerprint density at radius 3 is 2.48 bits per heavy atom. The van der Waals surface area contributed by atoms with E-state index in [9.17, 15) is 22.8 Å². The van der Waals surface area contributed by atoms with Crippen LogP contribution in [-0.4, -0.2) is 31.8 Å². The molecule has 2 atom stereocenters. The van der Waals surface area contributed by atoms with Crippen LogP contribution in [0.3, 0.4) is 0 Å². The first-order chi connectivity index (χ1) is 11.7. The molecule has 1 aromatic carbocycles. The number of methoxy groups -OCH3 is 1. The molecule has 2 rings (SSSR count). The topological polar surface area (TPSA) is 55.8 Å². The van der Waals surface area contributed by atoms with Crippen molar-refractivity contribution in [3.63, 3.8) is 0 Å². The SMILES string of the molecule is CCOC(=O)N1c2ccc(C(F)(F)F)cc2[C@H](C(=O)OC)C[C@H]1CC. The molecule has 8 heteroatoms. The maximum Gasteiger partial charge on any atom is 0.416 e. The summed E-state index contributed by atoms with van der Waals surface area (Å²) in [5.41, 5.74) is -0.502. The van der Waals surface area contributed by atoms with Crippen molar-refractivity contribution < 1.29 is 32.2 Å². The minimum absolute atomic E-state index is 0.124. The number of fused-ring (bicyclic) bond motifs is 1. The molecular formula is C17H20F3NO4. The van der Waals surface area contributed by atoms with E-state index in [0.717, 1.165) is 12.1 Å². The van der Waals surface area contributed by atoms with E-state index in [2.05, 4.69) is 0 Å². The van der Waals surface area contributed by atoms with E-state index in [1.54, 1.807) is 6.92 Å². The van der Waals surface area contributed by atoms with E-state index in [1.807, 2.05) is 6.92 Å². The summed E-state index contributed by atoms with van der Waals surface area (Å²) in [4.78, 5) is 25.8. The number of nitrogens with zero attached hydrogens (tertiary/aromatic N) is 1. The highest BCUT2D eigenvalue weighted by Crippen LogP contribution is 2.43. The monoisotopic (exact) mass is 359 g/mol. The van der Waals surface area contributed by atoms with Gasteiger partial charge in [-0.2, -0.15) is 13.2 Å². The van der Waals surface area contributed by atoms with Gasteiger partial charge in [0.1, 0.15) is 0 Å². The van der Waals surface area contributed by atoms with Gasteiger partial charge in [0.25, 0.3) is 0 Å². The van der Waals surface area contributed by atoms with E-state index in [0.29, 0.717) is 6.42 Å². The zero-order valence-electron chi connectivity index (χ0n) is 14.2. The largest absolute Gasteiger partial charge is 0.469 e. The number of carbonyl (C=O) groups is 2. The molecule has 0 spiro atoms. The van der Waals surface area contributed by atoms with Gasteiger partial charge < -0.3 is 9.47 Å². The molecule has 1 aromatic rings. The first kappa shape index (κ1) is 19.1. The standard InChI is InChI=1S/C17H20F3NO4/c1-4-11-9-13(15(22)24-3)12-8-10(17(18,19)20)6-7-14(12)21(11)16(23)25-5-2/h6-8,11,13H,4-5,9H2,1-3H3/t11-,13-/m1/s1. The normalized spacial score (nSPS) is 20.0. The van der Waals surface area contributed by atoms with Crippen molar-refractivity contribution in [2.45, 2.75) is 44.8 Å². The number of halogens is 3. The molecule has 0 aliphatic carbocycles. The van der Waals surface area contributed by atoms with Crippen LogP contribution in [-0.2, 0) is 20.4 Å². The number of hydrogen-bond acceptors (Lipinski definition) is 4. The molecule has 0 bridgehead atoms. The number of esters is 1. The third kappa shape index (κ3) is 3.72. The Bertz CT molecular complexity index is 660. The van der Waals surface area contributed by atoms with E-state index >= 15 is 0 Å². The summed E-state index contributed by atoms with van der Waals surface area (Å²) in [5, 5.41) is 0. The minimum Gasteiger partial charge on any atom is -0.469 e. The Morgan fingerprint density at radius 1 is 1.28 bits per heavy atom. The zero-order valence-corrected chi connectivity index (χ0v) is 14.2. The molecule has 0 saturated heterocycles. The van der Waals surface area contributed by atoms with Gasteiger partial charge in [-0.1, -0.05) is 6.92 Å². The third-order valence-corrected chi connectivity index (χ3v) is 4.28. The van der Waals surface area contributed by atoms with Gasteiger partial charge in [0.15, 0.2) is 0 Å². The number of amides is 1. The van der Waals surface area contributed by atoms with Crippen LogP contribution in [0.25, 0.3) is 0 Å². The maximum absolute atomic E-state index is 13.1. The molecule has 1 amide bonds. The number of ether oxygens (including phenoxy) is 2. The predicted molar refractivity (Wildman–Crippen MR) is 84.4 cm³/mol. The van der Waals surface area contributed by atoms with Gasteiger partial charge in [0.05, 0.1) is 30.9 Å². The summed E-state index contributed by atoms with van der Waals surface area (Å²) in [6.45, 7) is 3.62. The van der Waals surface area contributed by atoms with Crippen LogP contribution in [0.5, 0.6) is 0 Å². The van der Waals surface area contributed by atoms with Crippen molar-refractivity contribution in [3.8, 4) is 0 Å². The average Bonchev–Trinajstić information content (AvgIpc) is 2.58. The van der Waals surface area contributed by atoms with Gasteiger partial charge in [-0.25, -0.2) is 4.79 Å². The van der Waals surface area contributed by atoms with Crippen molar-refractivity contribution in [3.05, 3.63) is 29.3 Å². The predicted octanol–water partition coefficient (Wildman–Crippen LogP) is 4.11. The minimum atomic E-state index is -4.55. The first-order valence-corrected chi connectivity index (χ1v) is 7.99. The molecule has 0 N–H and O–H groups in total. The summed E-state index contributed by atoms with van der Waals surface area (Å²) < 4.78 is 49.0. The van der Waals surface area contributed by atoms with Gasteiger partial charge in [-0.3, -0.25) is 9.69 Å². The zero-order chi connectivity index (χ0) is 18.8. The molecule has 25 heavy (non-hydrogen) atoms. The fourth-order valence-electron chi connectivity index (χ4n) is 3.09. The molecule has 0 radical (unpaired) electrons. The molecule has 138 valence electrons. The average molecular weight is 359 g/mol. The second-order valence-corrected chi connectivity index (χ2v) is 5.71. The molecular weight excluding hydrogens is 339 g/mol. The molecule has 0 saturated carbocycles. The lowest BCUT2D eigenvalue weighted by molar-refractivity contribution is -0.143. The Labute approximate surface area is 143 Å². The summed E-state index contributed by atoms with van der Waals surface area (Å²) in [7, 11) is 1.19. The van der Waals surface area contributed by atoms with Gasteiger partial charge in [-0.15, -0.1) is 0 Å². The number of rotatable bonds is 3. The number of anilines is 1. The smallest absolute Gasteiger partial charge is 0.416 e. The second kappa shape index (κ2) is 7.33. The molecule has 1 aliphatic rings. The van der Waals surface area contributed by atoms with Crippen LogP contribution in [0.15, 0.2) is 18.2 Å². The van der Waals surface area contributed by atoms with Crippen LogP contribution in [0.2, 0.25) is 0 Å². The lowest BCUT2D eigenvalue weighted by atomic mass is 9.84. The second-order valence-electron chi connectivity index (χ2n) is 5.71. The van der Waals surface area contributed by atoms with Crippen molar-refractivity contribution in [1.82, 2.24) is 0 Å².